The molecule has 1 aromatic rings. The van der Waals surface area contributed by atoms with Crippen molar-refractivity contribution in [3.8, 4) is 0 Å². The van der Waals surface area contributed by atoms with Crippen molar-refractivity contribution in [1.82, 2.24) is 16.0 Å². The molecule has 3 atom stereocenters. The summed E-state index contributed by atoms with van der Waals surface area (Å²) < 4.78 is 5.90. The maximum Gasteiger partial charge on any atom is 0.251 e. The molecule has 0 saturated carbocycles. The molecule has 1 aromatic carbocycles. The van der Waals surface area contributed by atoms with E-state index in [1.54, 1.807) is 0 Å². The fourth-order valence-corrected chi connectivity index (χ4v) is 3.48. The topological polar surface area (TPSA) is 74.8 Å². The lowest BCUT2D eigenvalue weighted by Crippen LogP contribution is -2.47. The maximum atomic E-state index is 11.8. The Labute approximate surface area is 172 Å². The molecule has 7 heteroatoms. The number of rotatable bonds is 6. The van der Waals surface area contributed by atoms with Gasteiger partial charge in [-0.1, -0.05) is 12.1 Å². The first-order valence-corrected chi connectivity index (χ1v) is 9.27. The Kier molecular flexibility index (Phi) is 8.15. The van der Waals surface area contributed by atoms with Crippen LogP contribution in [0.1, 0.15) is 49.0 Å². The molecule has 6 nitrogen and oxygen atoms in total. The average Bonchev–Trinajstić information content (AvgIpc) is 3.23. The first kappa shape index (κ1) is 21.0. The summed E-state index contributed by atoms with van der Waals surface area (Å²) >= 11 is 0. The van der Waals surface area contributed by atoms with Crippen LogP contribution in [-0.4, -0.2) is 43.2 Å². The highest BCUT2D eigenvalue weighted by atomic mass is 127. The molecular formula is C19H29IN4O2. The second-order valence-electron chi connectivity index (χ2n) is 6.61. The molecular weight excluding hydrogens is 443 g/mol. The van der Waals surface area contributed by atoms with Gasteiger partial charge in [-0.15, -0.1) is 24.0 Å². The molecule has 1 amide bonds. The maximum absolute atomic E-state index is 11.8. The number of nitrogens with zero attached hydrogens (tertiary/aromatic N) is 1. The van der Waals surface area contributed by atoms with Gasteiger partial charge in [-0.2, -0.15) is 0 Å². The molecule has 26 heavy (non-hydrogen) atoms. The Hall–Kier alpha value is -1.35. The highest BCUT2D eigenvalue weighted by molar-refractivity contribution is 14.0. The lowest BCUT2D eigenvalue weighted by atomic mass is 9.96. The first-order valence-electron chi connectivity index (χ1n) is 9.27. The number of carbonyl (C=O) groups is 1. The number of aliphatic imine (C=N–C) groups is 1. The number of halogens is 1. The van der Waals surface area contributed by atoms with Gasteiger partial charge in [0.2, 0.25) is 0 Å². The molecule has 2 bridgehead atoms. The van der Waals surface area contributed by atoms with Crippen LogP contribution < -0.4 is 16.0 Å². The Bertz CT molecular complexity index is 620. The van der Waals surface area contributed by atoms with Gasteiger partial charge in [-0.05, 0) is 50.8 Å². The normalized spacial score (nSPS) is 24.1. The number of amides is 1. The van der Waals surface area contributed by atoms with Crippen molar-refractivity contribution in [2.45, 2.75) is 57.9 Å². The van der Waals surface area contributed by atoms with E-state index < -0.39 is 0 Å². The summed E-state index contributed by atoms with van der Waals surface area (Å²) in [6.07, 6.45) is 4.14. The predicted octanol–water partition coefficient (Wildman–Crippen LogP) is 2.43. The van der Waals surface area contributed by atoms with Crippen LogP contribution in [0.5, 0.6) is 0 Å². The van der Waals surface area contributed by atoms with E-state index in [2.05, 4.69) is 27.9 Å². The highest BCUT2D eigenvalue weighted by Gasteiger charge is 2.41. The molecule has 3 unspecified atom stereocenters. The fourth-order valence-electron chi connectivity index (χ4n) is 3.48. The monoisotopic (exact) mass is 472 g/mol. The van der Waals surface area contributed by atoms with E-state index in [9.17, 15) is 4.79 Å². The lowest BCUT2D eigenvalue weighted by Gasteiger charge is -2.22. The summed E-state index contributed by atoms with van der Waals surface area (Å²) in [6.45, 7) is 6.01. The minimum atomic E-state index is -0.0381. The summed E-state index contributed by atoms with van der Waals surface area (Å²) in [5.74, 6) is 0.792. The molecule has 0 spiro atoms. The van der Waals surface area contributed by atoms with Crippen LogP contribution in [0.2, 0.25) is 0 Å². The van der Waals surface area contributed by atoms with E-state index in [-0.39, 0.29) is 29.9 Å². The van der Waals surface area contributed by atoms with Crippen molar-refractivity contribution in [3.63, 3.8) is 0 Å². The van der Waals surface area contributed by atoms with Crippen LogP contribution in [0.4, 0.5) is 0 Å². The molecule has 2 aliphatic heterocycles. The van der Waals surface area contributed by atoms with Crippen molar-refractivity contribution >= 4 is 35.8 Å². The number of benzene rings is 1. The summed E-state index contributed by atoms with van der Waals surface area (Å²) in [6, 6.07) is 7.97. The number of hydrogen-bond donors (Lipinski definition) is 3. The molecule has 0 radical (unpaired) electrons. The SMILES string of the molecule is CCNC(=O)c1ccc(CN=C(NCC)NC2CC3CCC2O3)cc1.I. The Morgan fingerprint density at radius 1 is 1.15 bits per heavy atom. The third kappa shape index (κ3) is 5.33. The Morgan fingerprint density at radius 3 is 2.46 bits per heavy atom. The molecule has 2 saturated heterocycles. The zero-order valence-electron chi connectivity index (χ0n) is 15.5. The van der Waals surface area contributed by atoms with Crippen molar-refractivity contribution < 1.29 is 9.53 Å². The summed E-state index contributed by atoms with van der Waals surface area (Å²) in [5.41, 5.74) is 1.76. The second-order valence-corrected chi connectivity index (χ2v) is 6.61. The van der Waals surface area contributed by atoms with E-state index in [1.165, 1.54) is 6.42 Å². The van der Waals surface area contributed by atoms with E-state index in [1.807, 2.05) is 31.2 Å². The molecule has 144 valence electrons. The summed E-state index contributed by atoms with van der Waals surface area (Å²) in [4.78, 5) is 16.5. The van der Waals surface area contributed by atoms with Crippen LogP contribution in [-0.2, 0) is 11.3 Å². The van der Waals surface area contributed by atoms with Crippen LogP contribution >= 0.6 is 24.0 Å². The fraction of sp³-hybridized carbons (Fsp3) is 0.579. The number of carbonyl (C=O) groups excluding carboxylic acids is 1. The van der Waals surface area contributed by atoms with Crippen molar-refractivity contribution in [2.75, 3.05) is 13.1 Å². The van der Waals surface area contributed by atoms with Gasteiger partial charge in [0.25, 0.3) is 5.91 Å². The first-order chi connectivity index (χ1) is 12.2. The summed E-state index contributed by atoms with van der Waals surface area (Å²) in [5, 5.41) is 9.62. The molecule has 0 aromatic heterocycles. The number of guanidine groups is 1. The number of ether oxygens (including phenoxy) is 1. The van der Waals surface area contributed by atoms with E-state index in [4.69, 9.17) is 4.74 Å². The largest absolute Gasteiger partial charge is 0.373 e. The Morgan fingerprint density at radius 2 is 1.88 bits per heavy atom. The van der Waals surface area contributed by atoms with Crippen LogP contribution in [0.3, 0.4) is 0 Å². The third-order valence-electron chi connectivity index (χ3n) is 4.75. The van der Waals surface area contributed by atoms with Gasteiger partial charge in [0.1, 0.15) is 0 Å². The smallest absolute Gasteiger partial charge is 0.251 e. The van der Waals surface area contributed by atoms with Crippen LogP contribution in [0, 0.1) is 0 Å². The van der Waals surface area contributed by atoms with Gasteiger partial charge >= 0.3 is 0 Å². The van der Waals surface area contributed by atoms with E-state index >= 15 is 0 Å². The molecule has 3 N–H and O–H groups in total. The number of fused-ring (bicyclic) bond motifs is 2. The van der Waals surface area contributed by atoms with E-state index in [0.717, 1.165) is 30.9 Å². The van der Waals surface area contributed by atoms with Crippen molar-refractivity contribution in [3.05, 3.63) is 35.4 Å². The zero-order chi connectivity index (χ0) is 17.6. The molecule has 2 heterocycles. The Balaban J connectivity index is 0.00000243. The molecule has 2 fully saturated rings. The molecule has 2 aliphatic rings. The quantitative estimate of drug-likeness (QED) is 0.338. The van der Waals surface area contributed by atoms with Gasteiger partial charge < -0.3 is 20.7 Å². The number of nitrogens with one attached hydrogen (secondary N) is 3. The summed E-state index contributed by atoms with van der Waals surface area (Å²) in [7, 11) is 0. The van der Waals surface area contributed by atoms with Crippen LogP contribution in [0.25, 0.3) is 0 Å². The average molecular weight is 472 g/mol. The van der Waals surface area contributed by atoms with E-state index in [0.29, 0.717) is 36.9 Å². The van der Waals surface area contributed by atoms with Crippen molar-refractivity contribution in [2.24, 2.45) is 4.99 Å². The molecule has 3 rings (SSSR count). The van der Waals surface area contributed by atoms with Gasteiger partial charge in [-0.3, -0.25) is 4.79 Å². The third-order valence-corrected chi connectivity index (χ3v) is 4.75. The number of hydrogen-bond acceptors (Lipinski definition) is 3. The minimum Gasteiger partial charge on any atom is -0.373 e. The van der Waals surface area contributed by atoms with Crippen LogP contribution in [0.15, 0.2) is 29.3 Å². The lowest BCUT2D eigenvalue weighted by molar-refractivity contribution is 0.0955. The minimum absolute atomic E-state index is 0. The van der Waals surface area contributed by atoms with Gasteiger partial charge in [0.15, 0.2) is 5.96 Å². The van der Waals surface area contributed by atoms with Gasteiger partial charge in [-0.25, -0.2) is 4.99 Å². The van der Waals surface area contributed by atoms with Gasteiger partial charge in [0, 0.05) is 18.7 Å². The highest BCUT2D eigenvalue weighted by Crippen LogP contribution is 2.34. The van der Waals surface area contributed by atoms with Crippen molar-refractivity contribution in [1.29, 1.82) is 0 Å². The second kappa shape index (κ2) is 10.1. The predicted molar refractivity (Wildman–Crippen MR) is 114 cm³/mol. The molecule has 0 aliphatic carbocycles. The standard InChI is InChI=1S/C19H28N4O2.HI/c1-3-20-18(24)14-7-5-13(6-8-14)12-22-19(21-4-2)23-16-11-15-9-10-17(16)25-15;/h5-8,15-17H,3-4,9-12H2,1-2H3,(H,20,24)(H2,21,22,23);1H. The zero-order valence-corrected chi connectivity index (χ0v) is 17.8. The van der Waals surface area contributed by atoms with Gasteiger partial charge in [0.05, 0.1) is 24.8 Å².